The fraction of sp³-hybridized carbons (Fsp3) is 0.524. The molecule has 0 radical (unpaired) electrons. The summed E-state index contributed by atoms with van der Waals surface area (Å²) in [5, 5.41) is 10.3. The Balaban J connectivity index is 1.63. The van der Waals surface area contributed by atoms with Crippen molar-refractivity contribution in [3.05, 3.63) is 53.3 Å². The molecule has 1 aliphatic rings. The Labute approximate surface area is 167 Å². The normalized spacial score (nSPS) is 21.4. The van der Waals surface area contributed by atoms with Crippen molar-refractivity contribution in [2.45, 2.75) is 45.2 Å². The van der Waals surface area contributed by atoms with E-state index in [1.54, 1.807) is 17.9 Å². The Kier molecular flexibility index (Phi) is 6.83. The van der Waals surface area contributed by atoms with Crippen LogP contribution in [0.5, 0.6) is 0 Å². The highest BCUT2D eigenvalue weighted by Crippen LogP contribution is 2.17. The molecule has 0 bridgehead atoms. The summed E-state index contributed by atoms with van der Waals surface area (Å²) in [6.07, 6.45) is 4.06. The third-order valence-electron chi connectivity index (χ3n) is 5.07. The molecule has 1 saturated heterocycles. The van der Waals surface area contributed by atoms with Crippen LogP contribution < -0.4 is 10.6 Å². The van der Waals surface area contributed by atoms with E-state index in [9.17, 15) is 4.79 Å². The highest BCUT2D eigenvalue weighted by molar-refractivity contribution is 5.83. The van der Waals surface area contributed by atoms with Crippen molar-refractivity contribution in [1.82, 2.24) is 25.3 Å². The highest BCUT2D eigenvalue weighted by atomic mass is 16.5. The quantitative estimate of drug-likeness (QED) is 0.758. The van der Waals surface area contributed by atoms with Gasteiger partial charge in [0.25, 0.3) is 0 Å². The molecule has 3 rings (SSSR count). The zero-order chi connectivity index (χ0) is 20.1. The second-order valence-electron chi connectivity index (χ2n) is 7.61. The van der Waals surface area contributed by atoms with Gasteiger partial charge in [0.15, 0.2) is 0 Å². The van der Waals surface area contributed by atoms with E-state index in [1.807, 2.05) is 19.3 Å². The number of carbonyl (C=O) groups excluding carboxylic acids is 1. The van der Waals surface area contributed by atoms with Gasteiger partial charge in [0.05, 0.1) is 18.4 Å². The molecule has 2 aromatic rings. The average Bonchev–Trinajstić information content (AvgIpc) is 3.07. The van der Waals surface area contributed by atoms with Gasteiger partial charge in [-0.1, -0.05) is 24.3 Å². The maximum atomic E-state index is 12.7. The molecule has 3 unspecified atom stereocenters. The molecule has 1 aliphatic heterocycles. The summed E-state index contributed by atoms with van der Waals surface area (Å²) >= 11 is 0. The number of likely N-dealkylation sites (N-methyl/N-ethyl adjacent to an activating group) is 1. The molecule has 1 aromatic heterocycles. The Morgan fingerprint density at radius 1 is 1.25 bits per heavy atom. The number of nitrogens with zero attached hydrogens (tertiary/aromatic N) is 3. The maximum Gasteiger partial charge on any atom is 0.242 e. The summed E-state index contributed by atoms with van der Waals surface area (Å²) in [5.41, 5.74) is 3.24. The molecule has 1 fully saturated rings. The predicted molar refractivity (Wildman–Crippen MR) is 109 cm³/mol. The maximum absolute atomic E-state index is 12.7. The van der Waals surface area contributed by atoms with Crippen LogP contribution in [0.1, 0.15) is 36.6 Å². The van der Waals surface area contributed by atoms with Gasteiger partial charge in [0.2, 0.25) is 5.91 Å². The van der Waals surface area contributed by atoms with E-state index in [4.69, 9.17) is 4.74 Å². The van der Waals surface area contributed by atoms with Crippen LogP contribution in [0.25, 0.3) is 0 Å². The van der Waals surface area contributed by atoms with Crippen LogP contribution in [-0.4, -0.2) is 52.9 Å². The number of carbonyl (C=O) groups is 1. The molecule has 7 heteroatoms. The van der Waals surface area contributed by atoms with Crippen LogP contribution in [0, 0.1) is 0 Å². The molecule has 2 heterocycles. The minimum Gasteiger partial charge on any atom is -0.373 e. The van der Waals surface area contributed by atoms with E-state index >= 15 is 0 Å². The number of benzene rings is 1. The standard InChI is InChI=1S/C21H31N5O2/c1-15-11-26(12-16(2)28-15)14-18-8-6-5-7-17(18)9-23-21(27)20(22-3)19-10-24-25(4)13-19/h5-8,10,13,15-16,20,22H,9,11-12,14H2,1-4H3,(H,23,27). The van der Waals surface area contributed by atoms with Gasteiger partial charge in [-0.3, -0.25) is 14.4 Å². The molecule has 7 nitrogen and oxygen atoms in total. The minimum atomic E-state index is -0.415. The van der Waals surface area contributed by atoms with E-state index in [1.165, 1.54) is 5.56 Å². The Hall–Kier alpha value is -2.22. The van der Waals surface area contributed by atoms with Crippen molar-refractivity contribution in [1.29, 1.82) is 0 Å². The fourth-order valence-electron chi connectivity index (χ4n) is 3.86. The van der Waals surface area contributed by atoms with Gasteiger partial charge in [-0.25, -0.2) is 0 Å². The van der Waals surface area contributed by atoms with Crippen molar-refractivity contribution in [2.75, 3.05) is 20.1 Å². The predicted octanol–water partition coefficient (Wildman–Crippen LogP) is 1.61. The Morgan fingerprint density at radius 2 is 1.93 bits per heavy atom. The van der Waals surface area contributed by atoms with Crippen LogP contribution in [0.4, 0.5) is 0 Å². The van der Waals surface area contributed by atoms with E-state index in [0.717, 1.165) is 30.8 Å². The lowest BCUT2D eigenvalue weighted by Crippen LogP contribution is -2.45. The summed E-state index contributed by atoms with van der Waals surface area (Å²) in [6.45, 7) is 7.45. The van der Waals surface area contributed by atoms with Gasteiger partial charge in [-0.15, -0.1) is 0 Å². The number of hydrogen-bond acceptors (Lipinski definition) is 5. The number of amides is 1. The lowest BCUT2D eigenvalue weighted by Gasteiger charge is -2.35. The molecule has 2 N–H and O–H groups in total. The van der Waals surface area contributed by atoms with Crippen molar-refractivity contribution in [2.24, 2.45) is 7.05 Å². The average molecular weight is 386 g/mol. The van der Waals surface area contributed by atoms with Gasteiger partial charge in [0.1, 0.15) is 6.04 Å². The fourth-order valence-corrected chi connectivity index (χ4v) is 3.86. The van der Waals surface area contributed by atoms with Crippen molar-refractivity contribution < 1.29 is 9.53 Å². The third kappa shape index (κ3) is 5.19. The lowest BCUT2D eigenvalue weighted by molar-refractivity contribution is -0.123. The lowest BCUT2D eigenvalue weighted by atomic mass is 10.1. The van der Waals surface area contributed by atoms with E-state index < -0.39 is 6.04 Å². The van der Waals surface area contributed by atoms with Crippen LogP contribution >= 0.6 is 0 Å². The first-order valence-corrected chi connectivity index (χ1v) is 9.84. The van der Waals surface area contributed by atoms with Crippen LogP contribution in [0.2, 0.25) is 0 Å². The zero-order valence-electron chi connectivity index (χ0n) is 17.2. The van der Waals surface area contributed by atoms with E-state index in [0.29, 0.717) is 6.54 Å². The van der Waals surface area contributed by atoms with Gasteiger partial charge in [-0.2, -0.15) is 5.10 Å². The number of aryl methyl sites for hydroxylation is 1. The highest BCUT2D eigenvalue weighted by Gasteiger charge is 2.23. The topological polar surface area (TPSA) is 71.4 Å². The number of hydrogen-bond donors (Lipinski definition) is 2. The van der Waals surface area contributed by atoms with Crippen molar-refractivity contribution >= 4 is 5.91 Å². The monoisotopic (exact) mass is 385 g/mol. The van der Waals surface area contributed by atoms with Crippen molar-refractivity contribution in [3.8, 4) is 0 Å². The third-order valence-corrected chi connectivity index (χ3v) is 5.07. The van der Waals surface area contributed by atoms with Gasteiger partial charge in [-0.05, 0) is 32.0 Å². The second-order valence-corrected chi connectivity index (χ2v) is 7.61. The van der Waals surface area contributed by atoms with Gasteiger partial charge in [0, 0.05) is 45.0 Å². The van der Waals surface area contributed by atoms with Crippen LogP contribution in [0.3, 0.4) is 0 Å². The van der Waals surface area contributed by atoms with E-state index in [2.05, 4.69) is 52.7 Å². The molecular formula is C21H31N5O2. The number of morpholine rings is 1. The van der Waals surface area contributed by atoms with Crippen LogP contribution in [-0.2, 0) is 29.7 Å². The van der Waals surface area contributed by atoms with Crippen molar-refractivity contribution in [3.63, 3.8) is 0 Å². The first kappa shape index (κ1) is 20.5. The van der Waals surface area contributed by atoms with Gasteiger partial charge < -0.3 is 15.4 Å². The minimum absolute atomic E-state index is 0.0566. The number of aromatic nitrogens is 2. The SMILES string of the molecule is CNC(C(=O)NCc1ccccc1CN1CC(C)OC(C)C1)c1cnn(C)c1. The first-order chi connectivity index (χ1) is 13.5. The second kappa shape index (κ2) is 9.32. The molecule has 1 aromatic carbocycles. The van der Waals surface area contributed by atoms with Gasteiger partial charge >= 0.3 is 0 Å². The van der Waals surface area contributed by atoms with Crippen LogP contribution in [0.15, 0.2) is 36.7 Å². The first-order valence-electron chi connectivity index (χ1n) is 9.84. The smallest absolute Gasteiger partial charge is 0.242 e. The summed E-state index contributed by atoms with van der Waals surface area (Å²) in [5.74, 6) is -0.0566. The summed E-state index contributed by atoms with van der Waals surface area (Å²) in [7, 11) is 3.63. The number of nitrogens with one attached hydrogen (secondary N) is 2. The summed E-state index contributed by atoms with van der Waals surface area (Å²) in [4.78, 5) is 15.1. The zero-order valence-corrected chi connectivity index (χ0v) is 17.2. The molecular weight excluding hydrogens is 354 g/mol. The van der Waals surface area contributed by atoms with E-state index in [-0.39, 0.29) is 18.1 Å². The Bertz CT molecular complexity index is 781. The molecule has 1 amide bonds. The largest absolute Gasteiger partial charge is 0.373 e. The number of ether oxygens (including phenoxy) is 1. The molecule has 0 saturated carbocycles. The molecule has 152 valence electrons. The summed E-state index contributed by atoms with van der Waals surface area (Å²) < 4.78 is 7.53. The molecule has 0 spiro atoms. The molecule has 28 heavy (non-hydrogen) atoms. The molecule has 0 aliphatic carbocycles. The number of rotatable bonds is 7. The Morgan fingerprint density at radius 3 is 2.54 bits per heavy atom. The summed E-state index contributed by atoms with van der Waals surface area (Å²) in [6, 6.07) is 7.89. The molecule has 3 atom stereocenters.